The van der Waals surface area contributed by atoms with Gasteiger partial charge >= 0.3 is 6.03 Å². The number of carboxylic acids is 1. The van der Waals surface area contributed by atoms with Crippen LogP contribution in [0.2, 0.25) is 0 Å². The van der Waals surface area contributed by atoms with Crippen LogP contribution in [0.25, 0.3) is 0 Å². The molecule has 0 saturated heterocycles. The predicted octanol–water partition coefficient (Wildman–Crippen LogP) is 1.21. The fourth-order valence-corrected chi connectivity index (χ4v) is 1.91. The van der Waals surface area contributed by atoms with Crippen LogP contribution in [0.3, 0.4) is 0 Å². The number of carbonyl (C=O) groups excluding carboxylic acids is 2. The molecule has 1 rings (SSSR count). The first-order valence-corrected chi connectivity index (χ1v) is 6.73. The normalized spacial score (nSPS) is 13.6. The number of urea groups is 1. The molecule has 1 aromatic carbocycles. The van der Waals surface area contributed by atoms with Gasteiger partial charge in [-0.15, -0.1) is 0 Å². The van der Waals surface area contributed by atoms with Gasteiger partial charge in [-0.2, -0.15) is 0 Å². The Morgan fingerprint density at radius 1 is 1.10 bits per heavy atom. The number of aliphatic carboxylic acids is 1. The predicted molar refractivity (Wildman–Crippen MR) is 74.8 cm³/mol. The molecule has 0 heterocycles. The molecule has 1 aromatic rings. The maximum absolute atomic E-state index is 11.8. The van der Waals surface area contributed by atoms with Crippen LogP contribution in [0.15, 0.2) is 30.3 Å². The van der Waals surface area contributed by atoms with Crippen molar-refractivity contribution in [2.75, 3.05) is 0 Å². The van der Waals surface area contributed by atoms with E-state index >= 15 is 0 Å². The minimum Gasteiger partial charge on any atom is -0.548 e. The minimum atomic E-state index is -1.26. The molecule has 0 aliphatic heterocycles. The van der Waals surface area contributed by atoms with E-state index in [0.29, 0.717) is 6.42 Å². The minimum absolute atomic E-state index is 0.157. The van der Waals surface area contributed by atoms with Crippen molar-refractivity contribution in [3.8, 4) is 0 Å². The largest absolute Gasteiger partial charge is 0.548 e. The van der Waals surface area contributed by atoms with Crippen LogP contribution in [-0.4, -0.2) is 18.0 Å². The fraction of sp³-hybridized carbons (Fsp3) is 0.467. The van der Waals surface area contributed by atoms with Gasteiger partial charge in [-0.1, -0.05) is 44.2 Å². The van der Waals surface area contributed by atoms with Crippen molar-refractivity contribution in [1.82, 2.24) is 10.6 Å². The summed E-state index contributed by atoms with van der Waals surface area (Å²) in [6.07, 6.45) is 0.343. The number of amides is 2. The molecule has 0 radical (unpaired) electrons. The summed E-state index contributed by atoms with van der Waals surface area (Å²) >= 11 is 0. The topological polar surface area (TPSA) is 81.3 Å². The van der Waals surface area contributed by atoms with Gasteiger partial charge in [0.2, 0.25) is 0 Å². The van der Waals surface area contributed by atoms with E-state index in [1.54, 1.807) is 0 Å². The monoisotopic (exact) mass is 277 g/mol. The van der Waals surface area contributed by atoms with E-state index in [4.69, 9.17) is 0 Å². The Balaban J connectivity index is 2.55. The lowest BCUT2D eigenvalue weighted by molar-refractivity contribution is -0.308. The van der Waals surface area contributed by atoms with E-state index in [0.717, 1.165) is 5.56 Å². The fourth-order valence-electron chi connectivity index (χ4n) is 1.91. The molecule has 0 bridgehead atoms. The zero-order valence-electron chi connectivity index (χ0n) is 12.1. The van der Waals surface area contributed by atoms with Crippen LogP contribution in [0.4, 0.5) is 4.79 Å². The van der Waals surface area contributed by atoms with Crippen molar-refractivity contribution in [2.24, 2.45) is 5.92 Å². The summed E-state index contributed by atoms with van der Waals surface area (Å²) in [5, 5.41) is 16.1. The summed E-state index contributed by atoms with van der Waals surface area (Å²) in [5.74, 6) is -1.11. The third-order valence-electron chi connectivity index (χ3n) is 2.94. The van der Waals surface area contributed by atoms with Crippen molar-refractivity contribution in [2.45, 2.75) is 39.3 Å². The summed E-state index contributed by atoms with van der Waals surface area (Å²) in [7, 11) is 0. The van der Waals surface area contributed by atoms with Crippen molar-refractivity contribution in [1.29, 1.82) is 0 Å². The van der Waals surface area contributed by atoms with E-state index in [1.165, 1.54) is 0 Å². The molecule has 0 spiro atoms. The Hall–Kier alpha value is -2.04. The lowest BCUT2D eigenvalue weighted by Crippen LogP contribution is -2.51. The van der Waals surface area contributed by atoms with Gasteiger partial charge in [0, 0.05) is 0 Å². The lowest BCUT2D eigenvalue weighted by atomic mass is 10.0. The number of carbonyl (C=O) groups is 2. The van der Waals surface area contributed by atoms with E-state index in [9.17, 15) is 14.7 Å². The van der Waals surface area contributed by atoms with Gasteiger partial charge in [-0.25, -0.2) is 4.79 Å². The molecule has 5 heteroatoms. The van der Waals surface area contributed by atoms with E-state index in [-0.39, 0.29) is 12.0 Å². The molecule has 0 saturated carbocycles. The van der Waals surface area contributed by atoms with Gasteiger partial charge in [0.05, 0.1) is 18.1 Å². The van der Waals surface area contributed by atoms with Crippen LogP contribution >= 0.6 is 0 Å². The first kappa shape index (κ1) is 16.0. The molecule has 2 N–H and O–H groups in total. The molecule has 0 unspecified atom stereocenters. The maximum Gasteiger partial charge on any atom is 0.315 e. The summed E-state index contributed by atoms with van der Waals surface area (Å²) in [4.78, 5) is 22.8. The third kappa shape index (κ3) is 5.30. The second kappa shape index (κ2) is 7.53. The third-order valence-corrected chi connectivity index (χ3v) is 2.94. The molecule has 0 aliphatic carbocycles. The zero-order chi connectivity index (χ0) is 15.1. The summed E-state index contributed by atoms with van der Waals surface area (Å²) in [6, 6.07) is 7.78. The number of benzene rings is 1. The Labute approximate surface area is 119 Å². The Morgan fingerprint density at radius 3 is 2.20 bits per heavy atom. The highest BCUT2D eigenvalue weighted by Gasteiger charge is 2.16. The highest BCUT2D eigenvalue weighted by Crippen LogP contribution is 2.11. The van der Waals surface area contributed by atoms with Crippen molar-refractivity contribution in [3.05, 3.63) is 35.9 Å². The molecule has 0 fully saturated rings. The number of hydrogen-bond donors (Lipinski definition) is 2. The highest BCUT2D eigenvalue weighted by molar-refractivity contribution is 5.81. The second-order valence-electron chi connectivity index (χ2n) is 5.25. The Bertz CT molecular complexity index is 446. The number of nitrogens with one attached hydrogen (secondary N) is 2. The smallest absolute Gasteiger partial charge is 0.315 e. The number of carboxylic acid groups (broad SMARTS) is 1. The molecule has 2 amide bonds. The Kier molecular flexibility index (Phi) is 6.03. The van der Waals surface area contributed by atoms with Gasteiger partial charge in [0.25, 0.3) is 0 Å². The van der Waals surface area contributed by atoms with Crippen LogP contribution < -0.4 is 15.7 Å². The first-order valence-electron chi connectivity index (χ1n) is 6.73. The van der Waals surface area contributed by atoms with Crippen molar-refractivity contribution in [3.63, 3.8) is 0 Å². The molecule has 5 nitrogen and oxygen atoms in total. The quantitative estimate of drug-likeness (QED) is 0.820. The molecular weight excluding hydrogens is 256 g/mol. The van der Waals surface area contributed by atoms with Crippen LogP contribution in [0, 0.1) is 5.92 Å². The molecule has 0 aromatic heterocycles. The molecule has 2 atom stereocenters. The van der Waals surface area contributed by atoms with E-state index in [2.05, 4.69) is 10.6 Å². The molecular formula is C15H21N2O3-. The Morgan fingerprint density at radius 2 is 1.70 bits per heavy atom. The molecule has 20 heavy (non-hydrogen) atoms. The summed E-state index contributed by atoms with van der Waals surface area (Å²) in [6.45, 7) is 5.62. The summed E-state index contributed by atoms with van der Waals surface area (Å²) in [5.41, 5.74) is 0.955. The van der Waals surface area contributed by atoms with Gasteiger partial charge in [-0.05, 0) is 24.8 Å². The highest BCUT2D eigenvalue weighted by atomic mass is 16.4. The van der Waals surface area contributed by atoms with Crippen molar-refractivity contribution < 1.29 is 14.7 Å². The zero-order valence-corrected chi connectivity index (χ0v) is 12.1. The van der Waals surface area contributed by atoms with Gasteiger partial charge < -0.3 is 20.5 Å². The molecule has 110 valence electrons. The number of rotatable bonds is 6. The summed E-state index contributed by atoms with van der Waals surface area (Å²) < 4.78 is 0. The average Bonchev–Trinajstić information content (AvgIpc) is 2.38. The first-order chi connectivity index (χ1) is 9.40. The van der Waals surface area contributed by atoms with E-state index < -0.39 is 18.0 Å². The lowest BCUT2D eigenvalue weighted by Gasteiger charge is -2.23. The second-order valence-corrected chi connectivity index (χ2v) is 5.25. The van der Waals surface area contributed by atoms with Gasteiger partial charge in [0.1, 0.15) is 0 Å². The SMILES string of the molecule is CC(C)C[C@H](NC(=O)N[C@H](C)c1ccccc1)C(=O)[O-]. The standard InChI is InChI=1S/C15H22N2O3/c1-10(2)9-13(14(18)19)17-15(20)16-11(3)12-7-5-4-6-8-12/h4-8,10-11,13H,9H2,1-3H3,(H,18,19)(H2,16,17,20)/p-1/t11-,13+/m1/s1. The van der Waals surface area contributed by atoms with Crippen molar-refractivity contribution >= 4 is 12.0 Å². The van der Waals surface area contributed by atoms with Crippen LogP contribution in [0.5, 0.6) is 0 Å². The average molecular weight is 277 g/mol. The van der Waals surface area contributed by atoms with Crippen LogP contribution in [0.1, 0.15) is 38.8 Å². The maximum atomic E-state index is 11.8. The molecule has 0 aliphatic rings. The van der Waals surface area contributed by atoms with Crippen LogP contribution in [-0.2, 0) is 4.79 Å². The van der Waals surface area contributed by atoms with Gasteiger partial charge in [0.15, 0.2) is 0 Å². The van der Waals surface area contributed by atoms with Gasteiger partial charge in [-0.3, -0.25) is 0 Å². The van der Waals surface area contributed by atoms with E-state index in [1.807, 2.05) is 51.1 Å². The number of hydrogen-bond acceptors (Lipinski definition) is 3.